The van der Waals surface area contributed by atoms with E-state index in [1.807, 2.05) is 30.0 Å². The molecule has 0 amide bonds. The van der Waals surface area contributed by atoms with E-state index in [4.69, 9.17) is 9.52 Å². The topological polar surface area (TPSA) is 66.6 Å². The molecule has 0 radical (unpaired) electrons. The van der Waals surface area contributed by atoms with Gasteiger partial charge in [-0.05, 0) is 24.6 Å². The average Bonchev–Trinajstić information content (AvgIpc) is 2.56. The van der Waals surface area contributed by atoms with Crippen molar-refractivity contribution in [1.82, 2.24) is 4.98 Å². The second-order valence-electron chi connectivity index (χ2n) is 4.41. The first-order chi connectivity index (χ1) is 8.13. The van der Waals surface area contributed by atoms with E-state index >= 15 is 0 Å². The van der Waals surface area contributed by atoms with Gasteiger partial charge in [0, 0.05) is 13.1 Å². The molecule has 2 aromatic rings. The lowest BCUT2D eigenvalue weighted by atomic mass is 10.0. The molecule has 1 aromatic carbocycles. The quantitative estimate of drug-likeness (QED) is 0.852. The number of aryl methyl sites for hydroxylation is 1. The summed E-state index contributed by atoms with van der Waals surface area (Å²) in [4.78, 5) is 16.9. The van der Waals surface area contributed by atoms with Crippen LogP contribution in [0.3, 0.4) is 0 Å². The number of carbonyl (C=O) groups is 1. The molecule has 1 aliphatic heterocycles. The molecular weight excluding hydrogens is 220 g/mol. The van der Waals surface area contributed by atoms with Crippen LogP contribution in [0.4, 0.5) is 6.01 Å². The normalized spacial score (nSPS) is 16.2. The molecule has 0 atom stereocenters. The number of nitrogens with zero attached hydrogens (tertiary/aromatic N) is 2. The van der Waals surface area contributed by atoms with Crippen molar-refractivity contribution < 1.29 is 14.3 Å². The summed E-state index contributed by atoms with van der Waals surface area (Å²) < 4.78 is 5.58. The van der Waals surface area contributed by atoms with E-state index in [0.717, 1.165) is 16.7 Å². The number of carboxylic acid groups (broad SMARTS) is 1. The molecule has 0 unspecified atom stereocenters. The highest BCUT2D eigenvalue weighted by atomic mass is 16.4. The van der Waals surface area contributed by atoms with Crippen LogP contribution < -0.4 is 4.90 Å². The van der Waals surface area contributed by atoms with Crippen LogP contribution in [0.25, 0.3) is 11.1 Å². The second-order valence-corrected chi connectivity index (χ2v) is 4.41. The number of carboxylic acids is 1. The van der Waals surface area contributed by atoms with Crippen molar-refractivity contribution in [3.63, 3.8) is 0 Å². The number of aliphatic carboxylic acids is 1. The third-order valence-corrected chi connectivity index (χ3v) is 3.03. The summed E-state index contributed by atoms with van der Waals surface area (Å²) in [5.41, 5.74) is 2.69. The minimum atomic E-state index is -0.756. The van der Waals surface area contributed by atoms with Gasteiger partial charge in [-0.2, -0.15) is 4.98 Å². The number of aromatic nitrogens is 1. The van der Waals surface area contributed by atoms with Crippen LogP contribution >= 0.6 is 0 Å². The van der Waals surface area contributed by atoms with Crippen molar-refractivity contribution in [2.75, 3.05) is 18.0 Å². The van der Waals surface area contributed by atoms with Gasteiger partial charge in [0.25, 0.3) is 6.01 Å². The Labute approximate surface area is 97.7 Å². The Morgan fingerprint density at radius 2 is 2.29 bits per heavy atom. The van der Waals surface area contributed by atoms with Crippen molar-refractivity contribution in [3.05, 3.63) is 23.8 Å². The molecule has 2 heterocycles. The van der Waals surface area contributed by atoms with E-state index < -0.39 is 5.97 Å². The van der Waals surface area contributed by atoms with Gasteiger partial charge in [0.05, 0.1) is 5.92 Å². The third kappa shape index (κ3) is 1.63. The molecule has 1 N–H and O–H groups in total. The van der Waals surface area contributed by atoms with Crippen molar-refractivity contribution in [2.45, 2.75) is 6.92 Å². The van der Waals surface area contributed by atoms with Crippen LogP contribution in [0.1, 0.15) is 5.56 Å². The summed E-state index contributed by atoms with van der Waals surface area (Å²) >= 11 is 0. The van der Waals surface area contributed by atoms with Crippen LogP contribution in [0.5, 0.6) is 0 Å². The van der Waals surface area contributed by atoms with Crippen LogP contribution in [-0.4, -0.2) is 29.1 Å². The van der Waals surface area contributed by atoms with Crippen molar-refractivity contribution >= 4 is 23.1 Å². The number of rotatable bonds is 2. The maximum atomic E-state index is 10.7. The zero-order chi connectivity index (χ0) is 12.0. The SMILES string of the molecule is Cc1ccc2oc(N3CC(C(=O)O)C3)nc2c1. The zero-order valence-corrected chi connectivity index (χ0v) is 9.38. The molecule has 3 rings (SSSR count). The maximum absolute atomic E-state index is 10.7. The predicted molar refractivity (Wildman–Crippen MR) is 62.1 cm³/mol. The van der Waals surface area contributed by atoms with Gasteiger partial charge in [0.15, 0.2) is 5.58 Å². The van der Waals surface area contributed by atoms with Crippen molar-refractivity contribution in [2.24, 2.45) is 5.92 Å². The van der Waals surface area contributed by atoms with Crippen LogP contribution in [0, 0.1) is 12.8 Å². The number of hydrogen-bond acceptors (Lipinski definition) is 4. The smallest absolute Gasteiger partial charge is 0.310 e. The molecule has 0 bridgehead atoms. The van der Waals surface area contributed by atoms with Gasteiger partial charge in [0.2, 0.25) is 0 Å². The Balaban J connectivity index is 1.85. The molecule has 5 nitrogen and oxygen atoms in total. The average molecular weight is 232 g/mol. The van der Waals surface area contributed by atoms with Crippen molar-refractivity contribution in [3.8, 4) is 0 Å². The summed E-state index contributed by atoms with van der Waals surface area (Å²) in [6.45, 7) is 2.94. The molecule has 1 saturated heterocycles. The van der Waals surface area contributed by atoms with E-state index in [9.17, 15) is 4.79 Å². The summed E-state index contributed by atoms with van der Waals surface area (Å²) in [7, 11) is 0. The molecule has 0 spiro atoms. The van der Waals surface area contributed by atoms with Gasteiger partial charge in [-0.3, -0.25) is 4.79 Å². The Bertz CT molecular complexity index is 584. The highest BCUT2D eigenvalue weighted by Crippen LogP contribution is 2.28. The monoisotopic (exact) mass is 232 g/mol. The second kappa shape index (κ2) is 3.48. The lowest BCUT2D eigenvalue weighted by Gasteiger charge is -2.35. The molecule has 17 heavy (non-hydrogen) atoms. The first-order valence-corrected chi connectivity index (χ1v) is 5.48. The standard InChI is InChI=1S/C12H12N2O3/c1-7-2-3-10-9(4-7)13-12(17-10)14-5-8(6-14)11(15)16/h2-4,8H,5-6H2,1H3,(H,15,16). The number of oxazole rings is 1. The largest absolute Gasteiger partial charge is 0.481 e. The van der Waals surface area contributed by atoms with Gasteiger partial charge in [-0.1, -0.05) is 6.07 Å². The lowest BCUT2D eigenvalue weighted by molar-refractivity contribution is -0.142. The maximum Gasteiger partial charge on any atom is 0.310 e. The highest BCUT2D eigenvalue weighted by molar-refractivity contribution is 5.77. The third-order valence-electron chi connectivity index (χ3n) is 3.03. The van der Waals surface area contributed by atoms with E-state index in [1.165, 1.54) is 0 Å². The Morgan fingerprint density at radius 3 is 3.00 bits per heavy atom. The molecule has 1 aromatic heterocycles. The van der Waals surface area contributed by atoms with E-state index in [2.05, 4.69) is 4.98 Å². The van der Waals surface area contributed by atoms with Gasteiger partial charge >= 0.3 is 5.97 Å². The first kappa shape index (κ1) is 10.1. The Hall–Kier alpha value is -2.04. The van der Waals surface area contributed by atoms with Gasteiger partial charge in [-0.15, -0.1) is 0 Å². The van der Waals surface area contributed by atoms with Crippen LogP contribution in [0.15, 0.2) is 22.6 Å². The van der Waals surface area contributed by atoms with Gasteiger partial charge in [-0.25, -0.2) is 0 Å². The fraction of sp³-hybridized carbons (Fsp3) is 0.333. The summed E-state index contributed by atoms with van der Waals surface area (Å²) in [6.07, 6.45) is 0. The number of anilines is 1. The Morgan fingerprint density at radius 1 is 1.53 bits per heavy atom. The molecule has 88 valence electrons. The van der Waals surface area contributed by atoms with E-state index in [1.54, 1.807) is 0 Å². The summed E-state index contributed by atoms with van der Waals surface area (Å²) in [5, 5.41) is 8.80. The molecule has 5 heteroatoms. The lowest BCUT2D eigenvalue weighted by Crippen LogP contribution is -2.50. The molecule has 1 aliphatic rings. The fourth-order valence-electron chi connectivity index (χ4n) is 1.95. The van der Waals surface area contributed by atoms with Gasteiger partial charge in [0.1, 0.15) is 5.52 Å². The first-order valence-electron chi connectivity index (χ1n) is 5.48. The van der Waals surface area contributed by atoms with Crippen LogP contribution in [-0.2, 0) is 4.79 Å². The van der Waals surface area contributed by atoms with E-state index in [-0.39, 0.29) is 5.92 Å². The van der Waals surface area contributed by atoms with Crippen LogP contribution in [0.2, 0.25) is 0 Å². The number of hydrogen-bond donors (Lipinski definition) is 1. The summed E-state index contributed by atoms with van der Waals surface area (Å²) in [5.74, 6) is -1.06. The molecule has 0 saturated carbocycles. The molecule has 1 fully saturated rings. The van der Waals surface area contributed by atoms with E-state index in [0.29, 0.717) is 19.1 Å². The number of fused-ring (bicyclic) bond motifs is 1. The molecule has 0 aliphatic carbocycles. The molecular formula is C12H12N2O3. The zero-order valence-electron chi connectivity index (χ0n) is 9.38. The van der Waals surface area contributed by atoms with Gasteiger partial charge < -0.3 is 14.4 Å². The number of benzene rings is 1. The predicted octanol–water partition coefficient (Wildman–Crippen LogP) is 1.66. The van der Waals surface area contributed by atoms with Crippen molar-refractivity contribution in [1.29, 1.82) is 0 Å². The highest BCUT2D eigenvalue weighted by Gasteiger charge is 2.35. The fourth-order valence-corrected chi connectivity index (χ4v) is 1.95. The minimum Gasteiger partial charge on any atom is -0.481 e. The summed E-state index contributed by atoms with van der Waals surface area (Å²) in [6, 6.07) is 6.32. The minimum absolute atomic E-state index is 0.299. The Kier molecular flexibility index (Phi) is 2.07.